The molecule has 0 spiro atoms. The lowest BCUT2D eigenvalue weighted by Gasteiger charge is -2.02. The molecule has 4 heteroatoms. The van der Waals surface area contributed by atoms with Gasteiger partial charge in [-0.2, -0.15) is 0 Å². The van der Waals surface area contributed by atoms with Crippen molar-refractivity contribution < 1.29 is 4.74 Å². The van der Waals surface area contributed by atoms with Gasteiger partial charge in [0.1, 0.15) is 0 Å². The summed E-state index contributed by atoms with van der Waals surface area (Å²) in [7, 11) is 1.58. The summed E-state index contributed by atoms with van der Waals surface area (Å²) >= 11 is 5.88. The second-order valence-corrected chi connectivity index (χ2v) is 3.38. The zero-order chi connectivity index (χ0) is 10.7. The van der Waals surface area contributed by atoms with E-state index >= 15 is 0 Å². The summed E-state index contributed by atoms with van der Waals surface area (Å²) in [5, 5.41) is 0.663. The maximum atomic E-state index is 5.88. The SMILES string of the molecule is COc1cc(-c2cc(Cl)ccn2)ccn1. The van der Waals surface area contributed by atoms with Gasteiger partial charge in [0.2, 0.25) is 5.88 Å². The van der Waals surface area contributed by atoms with Gasteiger partial charge < -0.3 is 4.74 Å². The van der Waals surface area contributed by atoms with E-state index in [1.807, 2.05) is 12.1 Å². The summed E-state index contributed by atoms with van der Waals surface area (Å²) in [6.45, 7) is 0. The van der Waals surface area contributed by atoms with Crippen molar-refractivity contribution in [3.05, 3.63) is 41.7 Å². The maximum Gasteiger partial charge on any atom is 0.213 e. The van der Waals surface area contributed by atoms with Gasteiger partial charge in [0.15, 0.2) is 0 Å². The van der Waals surface area contributed by atoms with E-state index in [2.05, 4.69) is 9.97 Å². The molecule has 0 saturated carbocycles. The second-order valence-electron chi connectivity index (χ2n) is 2.95. The molecule has 3 nitrogen and oxygen atoms in total. The van der Waals surface area contributed by atoms with Crippen LogP contribution < -0.4 is 4.74 Å². The van der Waals surface area contributed by atoms with Crippen molar-refractivity contribution in [3.63, 3.8) is 0 Å². The first-order chi connectivity index (χ1) is 7.29. The van der Waals surface area contributed by atoms with Crippen molar-refractivity contribution >= 4 is 11.6 Å². The van der Waals surface area contributed by atoms with Gasteiger partial charge in [0, 0.05) is 29.0 Å². The van der Waals surface area contributed by atoms with E-state index in [0.717, 1.165) is 11.3 Å². The Labute approximate surface area is 92.7 Å². The van der Waals surface area contributed by atoms with E-state index in [1.165, 1.54) is 0 Å². The monoisotopic (exact) mass is 220 g/mol. The molecule has 2 aromatic heterocycles. The predicted molar refractivity (Wildman–Crippen MR) is 59.0 cm³/mol. The molecule has 0 unspecified atom stereocenters. The molecular weight excluding hydrogens is 212 g/mol. The molecule has 0 aromatic carbocycles. The third kappa shape index (κ3) is 2.25. The topological polar surface area (TPSA) is 35.0 Å². The van der Waals surface area contributed by atoms with Gasteiger partial charge in [-0.05, 0) is 18.2 Å². The number of pyridine rings is 2. The fourth-order valence-corrected chi connectivity index (χ4v) is 1.40. The fourth-order valence-electron chi connectivity index (χ4n) is 1.24. The Hall–Kier alpha value is -1.61. The van der Waals surface area contributed by atoms with Crippen LogP contribution >= 0.6 is 11.6 Å². The van der Waals surface area contributed by atoms with Crippen molar-refractivity contribution in [3.8, 4) is 17.1 Å². The molecule has 2 rings (SSSR count). The van der Waals surface area contributed by atoms with E-state index in [-0.39, 0.29) is 0 Å². The van der Waals surface area contributed by atoms with Crippen LogP contribution in [0.3, 0.4) is 0 Å². The van der Waals surface area contributed by atoms with Crippen LogP contribution in [0.25, 0.3) is 11.3 Å². The molecule has 0 bridgehead atoms. The lowest BCUT2D eigenvalue weighted by Crippen LogP contribution is -1.88. The van der Waals surface area contributed by atoms with Gasteiger partial charge in [-0.25, -0.2) is 4.98 Å². The van der Waals surface area contributed by atoms with Crippen molar-refractivity contribution in [1.29, 1.82) is 0 Å². The largest absolute Gasteiger partial charge is 0.481 e. The second kappa shape index (κ2) is 4.28. The summed E-state index contributed by atoms with van der Waals surface area (Å²) in [5.74, 6) is 0.564. The number of rotatable bonds is 2. The molecule has 0 N–H and O–H groups in total. The van der Waals surface area contributed by atoms with Crippen LogP contribution in [0.5, 0.6) is 5.88 Å². The van der Waals surface area contributed by atoms with Crippen LogP contribution in [0, 0.1) is 0 Å². The zero-order valence-electron chi connectivity index (χ0n) is 8.14. The van der Waals surface area contributed by atoms with Gasteiger partial charge in [-0.1, -0.05) is 11.6 Å². The minimum absolute atomic E-state index is 0.564. The van der Waals surface area contributed by atoms with E-state index in [1.54, 1.807) is 31.6 Å². The Kier molecular flexibility index (Phi) is 2.83. The molecule has 0 aliphatic carbocycles. The Balaban J connectivity index is 2.44. The molecular formula is C11H9ClN2O. The average molecular weight is 221 g/mol. The molecule has 76 valence electrons. The van der Waals surface area contributed by atoms with Crippen LogP contribution in [0.1, 0.15) is 0 Å². The highest BCUT2D eigenvalue weighted by molar-refractivity contribution is 6.30. The first-order valence-corrected chi connectivity index (χ1v) is 4.79. The average Bonchev–Trinajstić information content (AvgIpc) is 2.29. The van der Waals surface area contributed by atoms with Crippen LogP contribution in [0.15, 0.2) is 36.7 Å². The molecule has 0 aliphatic rings. The number of hydrogen-bond donors (Lipinski definition) is 0. The molecule has 2 heterocycles. The van der Waals surface area contributed by atoms with Gasteiger partial charge in [0.05, 0.1) is 12.8 Å². The summed E-state index contributed by atoms with van der Waals surface area (Å²) in [4.78, 5) is 8.24. The van der Waals surface area contributed by atoms with Gasteiger partial charge in [-0.3, -0.25) is 4.98 Å². The Morgan fingerprint density at radius 2 is 1.93 bits per heavy atom. The summed E-state index contributed by atoms with van der Waals surface area (Å²) in [6, 6.07) is 7.22. The molecule has 0 atom stereocenters. The standard InChI is InChI=1S/C11H9ClN2O/c1-15-11-6-8(2-4-14-11)10-7-9(12)3-5-13-10/h2-7H,1H3. The number of hydrogen-bond acceptors (Lipinski definition) is 3. The first-order valence-electron chi connectivity index (χ1n) is 4.41. The highest BCUT2D eigenvalue weighted by Crippen LogP contribution is 2.22. The third-order valence-corrected chi connectivity index (χ3v) is 2.20. The number of aromatic nitrogens is 2. The summed E-state index contributed by atoms with van der Waals surface area (Å²) < 4.78 is 5.03. The highest BCUT2D eigenvalue weighted by atomic mass is 35.5. The van der Waals surface area contributed by atoms with E-state index in [4.69, 9.17) is 16.3 Å². The quantitative estimate of drug-likeness (QED) is 0.781. The van der Waals surface area contributed by atoms with Crippen molar-refractivity contribution in [2.45, 2.75) is 0 Å². The number of halogens is 1. The highest BCUT2D eigenvalue weighted by Gasteiger charge is 2.01. The summed E-state index contributed by atoms with van der Waals surface area (Å²) in [6.07, 6.45) is 3.35. The van der Waals surface area contributed by atoms with Crippen LogP contribution in [0.4, 0.5) is 0 Å². The fraction of sp³-hybridized carbons (Fsp3) is 0.0909. The zero-order valence-corrected chi connectivity index (χ0v) is 8.90. The van der Waals surface area contributed by atoms with Crippen LogP contribution in [-0.4, -0.2) is 17.1 Å². The van der Waals surface area contributed by atoms with Crippen LogP contribution in [0.2, 0.25) is 5.02 Å². The number of ether oxygens (including phenoxy) is 1. The first kappa shape index (κ1) is 9.93. The van der Waals surface area contributed by atoms with Gasteiger partial charge >= 0.3 is 0 Å². The molecule has 15 heavy (non-hydrogen) atoms. The molecule has 0 aliphatic heterocycles. The Morgan fingerprint density at radius 3 is 2.67 bits per heavy atom. The normalized spacial score (nSPS) is 10.0. The Morgan fingerprint density at radius 1 is 1.13 bits per heavy atom. The molecule has 2 aromatic rings. The molecule has 0 saturated heterocycles. The van der Waals surface area contributed by atoms with E-state index in [0.29, 0.717) is 10.9 Å². The van der Waals surface area contributed by atoms with Gasteiger partial charge in [-0.15, -0.1) is 0 Å². The minimum atomic E-state index is 0.564. The molecule has 0 fully saturated rings. The van der Waals surface area contributed by atoms with E-state index < -0.39 is 0 Å². The number of nitrogens with zero attached hydrogens (tertiary/aromatic N) is 2. The lowest BCUT2D eigenvalue weighted by molar-refractivity contribution is 0.398. The van der Waals surface area contributed by atoms with Crippen molar-refractivity contribution in [2.75, 3.05) is 7.11 Å². The predicted octanol–water partition coefficient (Wildman–Crippen LogP) is 2.81. The summed E-state index contributed by atoms with van der Waals surface area (Å²) in [5.41, 5.74) is 1.74. The van der Waals surface area contributed by atoms with Crippen molar-refractivity contribution in [1.82, 2.24) is 9.97 Å². The Bertz CT molecular complexity index is 474. The van der Waals surface area contributed by atoms with Gasteiger partial charge in [0.25, 0.3) is 0 Å². The lowest BCUT2D eigenvalue weighted by atomic mass is 10.2. The van der Waals surface area contributed by atoms with Crippen LogP contribution in [-0.2, 0) is 0 Å². The van der Waals surface area contributed by atoms with Crippen molar-refractivity contribution in [2.24, 2.45) is 0 Å². The minimum Gasteiger partial charge on any atom is -0.481 e. The molecule has 0 radical (unpaired) electrons. The van der Waals surface area contributed by atoms with E-state index in [9.17, 15) is 0 Å². The number of methoxy groups -OCH3 is 1. The maximum absolute atomic E-state index is 5.88. The third-order valence-electron chi connectivity index (χ3n) is 1.96. The smallest absolute Gasteiger partial charge is 0.213 e. The molecule has 0 amide bonds.